The summed E-state index contributed by atoms with van der Waals surface area (Å²) in [6.45, 7) is -1.35. The van der Waals surface area contributed by atoms with E-state index in [4.69, 9.17) is 38.6 Å². The Labute approximate surface area is 255 Å². The summed E-state index contributed by atoms with van der Waals surface area (Å²) in [5.74, 6) is 0. The fraction of sp³-hybridized carbons (Fsp3) is 1.00. The van der Waals surface area contributed by atoms with Crippen molar-refractivity contribution in [2.24, 2.45) is 0 Å². The Morgan fingerprint density at radius 2 is 1.23 bits per heavy atom. The van der Waals surface area contributed by atoms with Crippen LogP contribution in [0.2, 0.25) is 0 Å². The van der Waals surface area contributed by atoms with Crippen LogP contribution < -0.4 is 113 Å². The second-order valence-corrected chi connectivity index (χ2v) is 6.93. The van der Waals surface area contributed by atoms with Gasteiger partial charge in [0.1, 0.15) is 48.8 Å². The molecule has 0 aromatic rings. The number of phosphoric acid groups is 1. The molecule has 10 atom stereocenters. The Morgan fingerprint density at radius 3 is 1.67 bits per heavy atom. The predicted molar refractivity (Wildman–Crippen MR) is 78.4 cm³/mol. The van der Waals surface area contributed by atoms with Gasteiger partial charge in [-0.05, 0) is 0 Å². The zero-order chi connectivity index (χ0) is 21.8. The van der Waals surface area contributed by atoms with Crippen LogP contribution in [-0.2, 0) is 18.8 Å². The van der Waals surface area contributed by atoms with Crippen molar-refractivity contribution >= 4 is 7.82 Å². The number of aliphatic hydroxyl groups is 8. The number of ether oxygens (including phenoxy) is 3. The topological polar surface area (TPSA) is 273 Å². The van der Waals surface area contributed by atoms with Crippen LogP contribution in [0.1, 0.15) is 0 Å². The summed E-state index contributed by atoms with van der Waals surface area (Å²) in [6.07, 6.45) is -15.6. The molecule has 9 N–H and O–H groups in total. The Bertz CT molecular complexity index is 514. The van der Waals surface area contributed by atoms with Gasteiger partial charge in [0.2, 0.25) is 0 Å². The third-order valence-electron chi connectivity index (χ3n) is 3.98. The zero-order valence-corrected chi connectivity index (χ0v) is 23.2. The predicted octanol–water partition coefficient (Wildman–Crippen LogP) is -13.6. The van der Waals surface area contributed by atoms with Crippen LogP contribution in [0.3, 0.4) is 0 Å². The molecule has 0 aromatic carbocycles. The van der Waals surface area contributed by atoms with E-state index in [1.165, 1.54) is 0 Å². The molecule has 2 fully saturated rings. The van der Waals surface area contributed by atoms with Crippen LogP contribution in [0.15, 0.2) is 0 Å². The Kier molecular flexibility index (Phi) is 18.5. The zero-order valence-electron chi connectivity index (χ0n) is 16.1. The molecule has 0 radical (unpaired) electrons. The van der Waals surface area contributed by atoms with Gasteiger partial charge in [-0.3, -0.25) is 0 Å². The van der Waals surface area contributed by atoms with Gasteiger partial charge in [0.05, 0.1) is 21.0 Å². The van der Waals surface area contributed by atoms with E-state index in [-0.39, 0.29) is 103 Å². The molecule has 1 unspecified atom stereocenters. The normalized spacial score (nSPS) is 41.6. The van der Waals surface area contributed by atoms with E-state index in [1.807, 2.05) is 0 Å². The Balaban J connectivity index is 0. The summed E-state index contributed by atoms with van der Waals surface area (Å²) in [7, 11) is -5.14. The first-order chi connectivity index (χ1) is 12.8. The monoisotopic (exact) mass is 516 g/mol. The fourth-order valence-electron chi connectivity index (χ4n) is 2.57. The minimum Gasteiger partial charge on any atom is -0.790 e. The molecule has 0 amide bonds. The van der Waals surface area contributed by atoms with E-state index in [2.05, 4.69) is 0 Å². The van der Waals surface area contributed by atoms with Gasteiger partial charge in [-0.25, -0.2) is 0 Å². The Hall–Kier alpha value is 2.94. The maximum Gasteiger partial charge on any atom is 1.00 e. The van der Waals surface area contributed by atoms with Crippen molar-refractivity contribution in [2.75, 3.05) is 13.2 Å². The molecule has 0 bridgehead atoms. The van der Waals surface area contributed by atoms with Crippen LogP contribution in [0.4, 0.5) is 0 Å². The molecule has 2 aliphatic rings. The molecule has 0 aliphatic carbocycles. The van der Waals surface area contributed by atoms with Crippen molar-refractivity contribution < 1.29 is 177 Å². The second-order valence-electron chi connectivity index (χ2n) is 6.00. The molecule has 0 spiro atoms. The van der Waals surface area contributed by atoms with E-state index >= 15 is 0 Å². The molecule has 0 saturated carbocycles. The number of hydrogen-bond donors (Lipinski definition) is 9. The molecule has 2 saturated heterocycles. The smallest absolute Gasteiger partial charge is 0.790 e. The molecule has 2 rings (SSSR count). The van der Waals surface area contributed by atoms with E-state index in [0.29, 0.717) is 0 Å². The molecule has 30 heavy (non-hydrogen) atoms. The van der Waals surface area contributed by atoms with Crippen molar-refractivity contribution in [1.29, 1.82) is 0 Å². The summed E-state index contributed by atoms with van der Waals surface area (Å²) >= 11 is 0. The number of hydrogen-bond acceptors (Lipinski definition) is 14. The molecule has 15 nitrogen and oxygen atoms in total. The van der Waals surface area contributed by atoms with Crippen LogP contribution in [0.5, 0.6) is 0 Å². The quantitative estimate of drug-likeness (QED) is 0.124. The van der Waals surface area contributed by atoms with Crippen LogP contribution in [0.25, 0.3) is 0 Å². The largest absolute Gasteiger partial charge is 1.00 e. The van der Waals surface area contributed by atoms with Gasteiger partial charge in [0.15, 0.2) is 12.6 Å². The molecular weight excluding hydrogens is 493 g/mol. The molecule has 18 heteroatoms. The van der Waals surface area contributed by atoms with Crippen molar-refractivity contribution in [2.45, 2.75) is 61.4 Å². The first-order valence-corrected chi connectivity index (χ1v) is 9.32. The van der Waals surface area contributed by atoms with Gasteiger partial charge in [0.25, 0.3) is 0 Å². The average Bonchev–Trinajstić information content (AvgIpc) is 2.60. The van der Waals surface area contributed by atoms with Gasteiger partial charge in [-0.15, -0.1) is 0 Å². The van der Waals surface area contributed by atoms with Gasteiger partial charge < -0.3 is 74.3 Å². The molecular formula is C12H23K2O15P. The van der Waals surface area contributed by atoms with Gasteiger partial charge in [0, 0.05) is 0 Å². The van der Waals surface area contributed by atoms with E-state index in [1.54, 1.807) is 0 Å². The first kappa shape index (κ1) is 35.1. The minimum atomic E-state index is -5.14. The van der Waals surface area contributed by atoms with Gasteiger partial charge in [-0.2, -0.15) is 0 Å². The summed E-state index contributed by atoms with van der Waals surface area (Å²) in [5.41, 5.74) is 0. The molecule has 2 aliphatic heterocycles. The second kappa shape index (κ2) is 15.8. The van der Waals surface area contributed by atoms with Crippen LogP contribution >= 0.6 is 7.82 Å². The van der Waals surface area contributed by atoms with Crippen molar-refractivity contribution in [1.82, 2.24) is 0 Å². The van der Waals surface area contributed by atoms with Gasteiger partial charge in [-0.1, -0.05) is 0 Å². The van der Waals surface area contributed by atoms with E-state index in [0.717, 1.165) is 0 Å². The SMILES string of the molecule is O=P([O-])([O-])O.OC[C@H]1O[C@@H](O[C@H]2[C@H](O)[C@@H](O)C(O)O[C@@H]2CO)[C@H](O)[C@@H](O)[C@H]1O.[K+].[K+]. The third kappa shape index (κ3) is 10.7. The first-order valence-electron chi connectivity index (χ1n) is 7.83. The summed E-state index contributed by atoms with van der Waals surface area (Å²) in [5, 5.41) is 76.5. The standard InChI is InChI=1S/C12H22O11.2K.H3O4P/c13-1-3-5(15)6(16)9(19)12(22-3)23-10-4(2-14)21-11(20)8(18)7(10)17;;;1-5(2,3)4/h3-20H,1-2H2;;;(H3,1,2,3,4)/q;2*+1;/p-2/t3-,4-,5+,6+,7-,8-,9-,10-,11?,12+;;;/m1.../s1. The summed E-state index contributed by atoms with van der Waals surface area (Å²) in [6, 6.07) is 0. The van der Waals surface area contributed by atoms with E-state index < -0.39 is 82.4 Å². The van der Waals surface area contributed by atoms with E-state index in [9.17, 15) is 35.7 Å². The fourth-order valence-corrected chi connectivity index (χ4v) is 2.57. The summed E-state index contributed by atoms with van der Waals surface area (Å²) in [4.78, 5) is 24.3. The molecule has 2 heterocycles. The number of aliphatic hydroxyl groups excluding tert-OH is 8. The third-order valence-corrected chi connectivity index (χ3v) is 3.98. The van der Waals surface area contributed by atoms with Crippen LogP contribution in [-0.4, -0.2) is 120 Å². The summed E-state index contributed by atoms with van der Waals surface area (Å²) < 4.78 is 23.9. The van der Waals surface area contributed by atoms with Gasteiger partial charge >= 0.3 is 103 Å². The van der Waals surface area contributed by atoms with Crippen molar-refractivity contribution in [3.05, 3.63) is 0 Å². The minimum absolute atomic E-state index is 0. The number of rotatable bonds is 4. The maximum atomic E-state index is 9.94. The van der Waals surface area contributed by atoms with Crippen LogP contribution in [0, 0.1) is 0 Å². The molecule has 168 valence electrons. The van der Waals surface area contributed by atoms with Crippen molar-refractivity contribution in [3.63, 3.8) is 0 Å². The van der Waals surface area contributed by atoms with Crippen molar-refractivity contribution in [3.8, 4) is 0 Å². The maximum absolute atomic E-state index is 9.94. The average molecular weight is 516 g/mol. The Morgan fingerprint density at radius 1 is 0.767 bits per heavy atom. The molecule has 0 aromatic heterocycles.